The summed E-state index contributed by atoms with van der Waals surface area (Å²) >= 11 is 3.09. The van der Waals surface area contributed by atoms with E-state index >= 15 is 0 Å². The molecular weight excluding hydrogens is 431 g/mol. The Morgan fingerprint density at radius 1 is 1.16 bits per heavy atom. The first-order chi connectivity index (χ1) is 15.1. The molecule has 31 heavy (non-hydrogen) atoms. The Bertz CT molecular complexity index is 982. The van der Waals surface area contributed by atoms with E-state index in [4.69, 9.17) is 0 Å². The van der Waals surface area contributed by atoms with Gasteiger partial charge in [0.2, 0.25) is 0 Å². The molecule has 2 aromatic heterocycles. The van der Waals surface area contributed by atoms with Gasteiger partial charge in [0.25, 0.3) is 0 Å². The maximum absolute atomic E-state index is 13.5. The molecule has 0 saturated carbocycles. The fourth-order valence-corrected chi connectivity index (χ4v) is 5.50. The third kappa shape index (κ3) is 5.42. The Balaban J connectivity index is 1.49. The number of halogens is 1. The number of nitrogens with zero attached hydrogens (tertiary/aromatic N) is 4. The lowest BCUT2D eigenvalue weighted by molar-refractivity contribution is 0.0986. The third-order valence-electron chi connectivity index (χ3n) is 5.63. The van der Waals surface area contributed by atoms with Crippen LogP contribution in [0.25, 0.3) is 5.69 Å². The van der Waals surface area contributed by atoms with Gasteiger partial charge < -0.3 is 0 Å². The molecular formula is C23H27FN4OS2. The number of hydrogen-bond acceptors (Lipinski definition) is 6. The van der Waals surface area contributed by atoms with Crippen molar-refractivity contribution in [3.63, 3.8) is 0 Å². The van der Waals surface area contributed by atoms with Crippen LogP contribution in [0.1, 0.15) is 60.6 Å². The zero-order chi connectivity index (χ0) is 21.6. The van der Waals surface area contributed by atoms with Crippen molar-refractivity contribution in [1.29, 1.82) is 0 Å². The third-order valence-corrected chi connectivity index (χ3v) is 7.56. The maximum Gasteiger partial charge on any atom is 0.195 e. The summed E-state index contributed by atoms with van der Waals surface area (Å²) in [7, 11) is 0. The molecule has 1 aromatic carbocycles. The second-order valence-electron chi connectivity index (χ2n) is 7.78. The van der Waals surface area contributed by atoms with Crippen molar-refractivity contribution in [2.75, 3.05) is 18.8 Å². The van der Waals surface area contributed by atoms with E-state index in [1.165, 1.54) is 42.7 Å². The van der Waals surface area contributed by atoms with Gasteiger partial charge in [-0.3, -0.25) is 14.3 Å². The van der Waals surface area contributed by atoms with Crippen LogP contribution in [-0.2, 0) is 0 Å². The highest BCUT2D eigenvalue weighted by molar-refractivity contribution is 7.99. The summed E-state index contributed by atoms with van der Waals surface area (Å²) in [5.74, 6) is 1.58. The van der Waals surface area contributed by atoms with Crippen molar-refractivity contribution in [3.8, 4) is 5.69 Å². The van der Waals surface area contributed by atoms with E-state index in [1.807, 2.05) is 22.1 Å². The van der Waals surface area contributed by atoms with Crippen LogP contribution in [0.3, 0.4) is 0 Å². The molecule has 1 fully saturated rings. The molecule has 0 radical (unpaired) electrons. The van der Waals surface area contributed by atoms with Crippen LogP contribution in [0.5, 0.6) is 0 Å². The lowest BCUT2D eigenvalue weighted by Gasteiger charge is -2.31. The first kappa shape index (κ1) is 22.2. The van der Waals surface area contributed by atoms with Gasteiger partial charge in [0.15, 0.2) is 16.8 Å². The van der Waals surface area contributed by atoms with Crippen LogP contribution in [0.15, 0.2) is 46.9 Å². The van der Waals surface area contributed by atoms with Crippen LogP contribution in [0.4, 0.5) is 4.39 Å². The van der Waals surface area contributed by atoms with E-state index in [1.54, 1.807) is 23.9 Å². The topological polar surface area (TPSA) is 51.0 Å². The molecule has 3 heterocycles. The number of thioether (sulfide) groups is 1. The summed E-state index contributed by atoms with van der Waals surface area (Å²) in [4.78, 5) is 15.5. The van der Waals surface area contributed by atoms with Crippen LogP contribution < -0.4 is 0 Å². The summed E-state index contributed by atoms with van der Waals surface area (Å²) in [6.45, 7) is 4.29. The number of hydrogen-bond donors (Lipinski definition) is 0. The lowest BCUT2D eigenvalue weighted by Crippen LogP contribution is -2.33. The first-order valence-corrected chi connectivity index (χ1v) is 12.6. The zero-order valence-corrected chi connectivity index (χ0v) is 19.3. The van der Waals surface area contributed by atoms with Crippen LogP contribution >= 0.6 is 23.1 Å². The molecule has 0 bridgehead atoms. The van der Waals surface area contributed by atoms with Gasteiger partial charge in [0, 0.05) is 17.9 Å². The molecule has 0 N–H and O–H groups in total. The largest absolute Gasteiger partial charge is 0.294 e. The van der Waals surface area contributed by atoms with Gasteiger partial charge in [-0.2, -0.15) is 0 Å². The highest BCUT2D eigenvalue weighted by atomic mass is 32.2. The molecule has 5 nitrogen and oxygen atoms in total. The molecule has 0 spiro atoms. The number of piperidine rings is 1. The van der Waals surface area contributed by atoms with E-state index in [9.17, 15) is 9.18 Å². The van der Waals surface area contributed by atoms with Gasteiger partial charge in [-0.05, 0) is 75.0 Å². The van der Waals surface area contributed by atoms with Gasteiger partial charge in [-0.1, -0.05) is 24.2 Å². The highest BCUT2D eigenvalue weighted by Crippen LogP contribution is 2.30. The van der Waals surface area contributed by atoms with E-state index in [0.717, 1.165) is 46.8 Å². The number of carbonyl (C=O) groups excluding carboxylic acids is 1. The van der Waals surface area contributed by atoms with Gasteiger partial charge in [0.1, 0.15) is 5.82 Å². The molecule has 1 aliphatic heterocycles. The Hall–Kier alpha value is -2.03. The Morgan fingerprint density at radius 3 is 2.65 bits per heavy atom. The Labute approximate surface area is 190 Å². The number of ketones is 1. The number of Topliss-reactive ketones (excluding diaryl/α,β-unsaturated/α-hetero) is 1. The minimum atomic E-state index is -0.260. The monoisotopic (exact) mass is 458 g/mol. The summed E-state index contributed by atoms with van der Waals surface area (Å²) in [5, 5.41) is 11.7. The first-order valence-electron chi connectivity index (χ1n) is 10.8. The second-order valence-corrected chi connectivity index (χ2v) is 9.79. The molecule has 3 aromatic rings. The number of aromatic nitrogens is 3. The van der Waals surface area contributed by atoms with Crippen molar-refractivity contribution in [2.45, 2.75) is 50.2 Å². The van der Waals surface area contributed by atoms with Crippen molar-refractivity contribution in [3.05, 3.63) is 58.3 Å². The normalized spacial score (nSPS) is 15.8. The maximum atomic E-state index is 13.5. The molecule has 4 rings (SSSR count). The predicted molar refractivity (Wildman–Crippen MR) is 124 cm³/mol. The Morgan fingerprint density at radius 2 is 1.94 bits per heavy atom. The molecule has 1 atom stereocenters. The van der Waals surface area contributed by atoms with Crippen LogP contribution in [0, 0.1) is 5.82 Å². The molecule has 1 unspecified atom stereocenters. The molecule has 164 valence electrons. The van der Waals surface area contributed by atoms with Crippen LogP contribution in [0.2, 0.25) is 0 Å². The van der Waals surface area contributed by atoms with Gasteiger partial charge in [-0.25, -0.2) is 4.39 Å². The number of likely N-dealkylation sites (tertiary alicyclic amines) is 1. The lowest BCUT2D eigenvalue weighted by atomic mass is 10.1. The second kappa shape index (κ2) is 10.5. The smallest absolute Gasteiger partial charge is 0.195 e. The molecule has 8 heteroatoms. The Kier molecular flexibility index (Phi) is 7.53. The fraction of sp³-hybridized carbons (Fsp3) is 0.435. The summed E-state index contributed by atoms with van der Waals surface area (Å²) < 4.78 is 15.6. The van der Waals surface area contributed by atoms with Crippen LogP contribution in [-0.4, -0.2) is 44.3 Å². The minimum absolute atomic E-state index is 0.132. The molecule has 0 aliphatic carbocycles. The van der Waals surface area contributed by atoms with Crippen molar-refractivity contribution < 1.29 is 9.18 Å². The molecule has 1 saturated heterocycles. The van der Waals surface area contributed by atoms with E-state index < -0.39 is 0 Å². The van der Waals surface area contributed by atoms with E-state index in [2.05, 4.69) is 22.0 Å². The molecule has 1 aliphatic rings. The van der Waals surface area contributed by atoms with Crippen molar-refractivity contribution >= 4 is 28.9 Å². The number of benzene rings is 1. The summed E-state index contributed by atoms with van der Waals surface area (Å²) in [5.41, 5.74) is 0.863. The molecule has 0 amide bonds. The standard InChI is InChI=1S/C23H27FN4OS2/c1-17(27-13-3-2-4-14-27)22-25-26-23(28(22)19-11-9-18(24)10-12-19)31-16-5-7-20(29)21-8-6-15-30-21/h6,8-12,15,17H,2-5,7,13-14,16H2,1H3. The quantitative estimate of drug-likeness (QED) is 0.231. The predicted octanol–water partition coefficient (Wildman–Crippen LogP) is 5.77. The summed E-state index contributed by atoms with van der Waals surface area (Å²) in [6.07, 6.45) is 4.98. The fourth-order valence-electron chi connectivity index (χ4n) is 3.90. The van der Waals surface area contributed by atoms with Crippen molar-refractivity contribution in [1.82, 2.24) is 19.7 Å². The average molecular weight is 459 g/mol. The van der Waals surface area contributed by atoms with Gasteiger partial charge >= 0.3 is 0 Å². The number of thiophene rings is 1. The average Bonchev–Trinajstić information content (AvgIpc) is 3.48. The van der Waals surface area contributed by atoms with E-state index in [-0.39, 0.29) is 17.6 Å². The summed E-state index contributed by atoms with van der Waals surface area (Å²) in [6, 6.07) is 10.4. The zero-order valence-electron chi connectivity index (χ0n) is 17.7. The van der Waals surface area contributed by atoms with Gasteiger partial charge in [0.05, 0.1) is 10.9 Å². The van der Waals surface area contributed by atoms with E-state index in [0.29, 0.717) is 6.42 Å². The number of carbonyl (C=O) groups is 1. The minimum Gasteiger partial charge on any atom is -0.294 e. The van der Waals surface area contributed by atoms with Crippen molar-refractivity contribution in [2.24, 2.45) is 0 Å². The number of rotatable bonds is 9. The highest BCUT2D eigenvalue weighted by Gasteiger charge is 2.25. The SMILES string of the molecule is CC(c1nnc(SCCCC(=O)c2cccs2)n1-c1ccc(F)cc1)N1CCCCC1. The van der Waals surface area contributed by atoms with Gasteiger partial charge in [-0.15, -0.1) is 21.5 Å².